The molecule has 3 heterocycles. The van der Waals surface area contributed by atoms with Crippen LogP contribution in [0.1, 0.15) is 21.5 Å². The number of piperazine rings is 1. The number of anilines is 1. The molecule has 0 bridgehead atoms. The summed E-state index contributed by atoms with van der Waals surface area (Å²) in [7, 11) is 3.12. The van der Waals surface area contributed by atoms with Crippen molar-refractivity contribution in [2.45, 2.75) is 13.5 Å². The summed E-state index contributed by atoms with van der Waals surface area (Å²) in [5.41, 5.74) is 2.82. The molecule has 5 rings (SSSR count). The number of nitrogens with zero attached hydrogens (tertiary/aromatic N) is 6. The molecular weight excluding hydrogens is 444 g/mol. The number of fused-ring (bicyclic) bond motifs is 1. The van der Waals surface area contributed by atoms with Crippen LogP contribution in [0.25, 0.3) is 11.2 Å². The Morgan fingerprint density at radius 2 is 1.63 bits per heavy atom. The van der Waals surface area contributed by atoms with Crippen LogP contribution >= 0.6 is 0 Å². The van der Waals surface area contributed by atoms with E-state index in [1.807, 2.05) is 64.9 Å². The molecule has 180 valence electrons. The molecule has 2 aromatic carbocycles. The third-order valence-corrected chi connectivity index (χ3v) is 6.62. The fourth-order valence-corrected chi connectivity index (χ4v) is 4.69. The first kappa shape index (κ1) is 22.6. The van der Waals surface area contributed by atoms with Crippen LogP contribution in [0.15, 0.2) is 64.2 Å². The lowest BCUT2D eigenvalue weighted by molar-refractivity contribution is 0.0746. The number of amides is 1. The summed E-state index contributed by atoms with van der Waals surface area (Å²) in [4.78, 5) is 47.4. The first-order valence-corrected chi connectivity index (χ1v) is 11.7. The highest BCUT2D eigenvalue weighted by atomic mass is 16.2. The quantitative estimate of drug-likeness (QED) is 0.452. The van der Waals surface area contributed by atoms with Crippen LogP contribution in [0, 0.1) is 6.92 Å². The number of aryl methyl sites for hydroxylation is 2. The standard InChI is InChI=1S/C26H28N6O3/c1-18-8-7-9-19(16-18)17-32-21-22(28(2)26(35)29(3)24(21)34)27-25(32)31-14-12-30(13-15-31)23(33)20-10-5-4-6-11-20/h4-11,16H,12-15,17H2,1-3H3. The molecular formula is C26H28N6O3. The normalized spacial score (nSPS) is 14.0. The van der Waals surface area contributed by atoms with Crippen LogP contribution in [0.5, 0.6) is 0 Å². The molecule has 1 amide bonds. The molecule has 0 aliphatic carbocycles. The molecule has 0 saturated carbocycles. The van der Waals surface area contributed by atoms with E-state index >= 15 is 0 Å². The minimum absolute atomic E-state index is 0.00906. The SMILES string of the molecule is Cc1cccc(Cn2c(N3CCN(C(=O)c4ccccc4)CC3)nc3c2c(=O)n(C)c(=O)n3C)c1. The molecule has 1 fully saturated rings. The van der Waals surface area contributed by atoms with E-state index in [9.17, 15) is 14.4 Å². The third kappa shape index (κ3) is 4.03. The van der Waals surface area contributed by atoms with Gasteiger partial charge in [0.2, 0.25) is 5.95 Å². The van der Waals surface area contributed by atoms with E-state index in [-0.39, 0.29) is 11.5 Å². The van der Waals surface area contributed by atoms with Gasteiger partial charge in [-0.3, -0.25) is 23.3 Å². The second-order valence-corrected chi connectivity index (χ2v) is 9.01. The van der Waals surface area contributed by atoms with Crippen LogP contribution < -0.4 is 16.1 Å². The zero-order chi connectivity index (χ0) is 24.7. The number of carbonyl (C=O) groups excluding carboxylic acids is 1. The average Bonchev–Trinajstić information content (AvgIpc) is 3.25. The Kier molecular flexibility index (Phi) is 5.76. The predicted octanol–water partition coefficient (Wildman–Crippen LogP) is 1.75. The smallest absolute Gasteiger partial charge is 0.332 e. The minimum atomic E-state index is -0.410. The number of hydrogen-bond donors (Lipinski definition) is 0. The Balaban J connectivity index is 1.53. The monoisotopic (exact) mass is 472 g/mol. The molecule has 1 saturated heterocycles. The first-order chi connectivity index (χ1) is 16.8. The van der Waals surface area contributed by atoms with E-state index in [1.165, 1.54) is 11.6 Å². The van der Waals surface area contributed by atoms with Crippen LogP contribution in [0.3, 0.4) is 0 Å². The summed E-state index contributed by atoms with van der Waals surface area (Å²) in [6.45, 7) is 4.71. The Morgan fingerprint density at radius 1 is 0.914 bits per heavy atom. The average molecular weight is 473 g/mol. The molecule has 9 heteroatoms. The molecule has 0 N–H and O–H groups in total. The highest BCUT2D eigenvalue weighted by molar-refractivity contribution is 5.94. The lowest BCUT2D eigenvalue weighted by Gasteiger charge is -2.35. The lowest BCUT2D eigenvalue weighted by Crippen LogP contribution is -2.49. The summed E-state index contributed by atoms with van der Waals surface area (Å²) in [5.74, 6) is 0.640. The van der Waals surface area contributed by atoms with Gasteiger partial charge >= 0.3 is 5.69 Å². The molecule has 1 aliphatic rings. The van der Waals surface area contributed by atoms with Crippen molar-refractivity contribution in [2.75, 3.05) is 31.1 Å². The van der Waals surface area contributed by atoms with E-state index in [1.54, 1.807) is 7.05 Å². The van der Waals surface area contributed by atoms with Crippen LogP contribution in [0.4, 0.5) is 5.95 Å². The van der Waals surface area contributed by atoms with Gasteiger partial charge in [0.05, 0.1) is 6.54 Å². The van der Waals surface area contributed by atoms with Crippen molar-refractivity contribution in [3.05, 3.63) is 92.1 Å². The van der Waals surface area contributed by atoms with E-state index in [0.29, 0.717) is 55.4 Å². The Labute approximate surface area is 202 Å². The molecule has 35 heavy (non-hydrogen) atoms. The van der Waals surface area contributed by atoms with Crippen molar-refractivity contribution < 1.29 is 4.79 Å². The van der Waals surface area contributed by atoms with Gasteiger partial charge in [-0.25, -0.2) is 4.79 Å². The molecule has 4 aromatic rings. The summed E-state index contributed by atoms with van der Waals surface area (Å²) in [5, 5.41) is 0. The predicted molar refractivity (Wildman–Crippen MR) is 135 cm³/mol. The van der Waals surface area contributed by atoms with Gasteiger partial charge in [0.1, 0.15) is 0 Å². The van der Waals surface area contributed by atoms with Crippen molar-refractivity contribution in [1.82, 2.24) is 23.6 Å². The highest BCUT2D eigenvalue weighted by Crippen LogP contribution is 2.23. The zero-order valence-electron chi connectivity index (χ0n) is 20.1. The summed E-state index contributed by atoms with van der Waals surface area (Å²) < 4.78 is 4.44. The summed E-state index contributed by atoms with van der Waals surface area (Å²) >= 11 is 0. The minimum Gasteiger partial charge on any atom is -0.339 e. The van der Waals surface area contributed by atoms with E-state index < -0.39 is 5.69 Å². The first-order valence-electron chi connectivity index (χ1n) is 11.7. The van der Waals surface area contributed by atoms with E-state index in [0.717, 1.165) is 15.7 Å². The number of carbonyl (C=O) groups is 1. The lowest BCUT2D eigenvalue weighted by atomic mass is 10.1. The maximum Gasteiger partial charge on any atom is 0.332 e. The van der Waals surface area contributed by atoms with Crippen LogP contribution in [0.2, 0.25) is 0 Å². The molecule has 9 nitrogen and oxygen atoms in total. The second kappa shape index (κ2) is 8.90. The molecule has 0 radical (unpaired) electrons. The Hall–Kier alpha value is -4.14. The Bertz CT molecular complexity index is 1520. The zero-order valence-corrected chi connectivity index (χ0v) is 20.1. The fourth-order valence-electron chi connectivity index (χ4n) is 4.69. The maximum absolute atomic E-state index is 13.2. The molecule has 2 aromatic heterocycles. The maximum atomic E-state index is 13.2. The molecule has 0 unspecified atom stereocenters. The van der Waals surface area contributed by atoms with Gasteiger partial charge in [-0.2, -0.15) is 4.98 Å². The number of aromatic nitrogens is 4. The summed E-state index contributed by atoms with van der Waals surface area (Å²) in [6.07, 6.45) is 0. The number of benzene rings is 2. The largest absolute Gasteiger partial charge is 0.339 e. The van der Waals surface area contributed by atoms with Crippen molar-refractivity contribution in [3.63, 3.8) is 0 Å². The van der Waals surface area contributed by atoms with E-state index in [2.05, 4.69) is 11.0 Å². The second-order valence-electron chi connectivity index (χ2n) is 9.01. The van der Waals surface area contributed by atoms with Crippen molar-refractivity contribution in [1.29, 1.82) is 0 Å². The van der Waals surface area contributed by atoms with E-state index in [4.69, 9.17) is 4.98 Å². The molecule has 0 atom stereocenters. The van der Waals surface area contributed by atoms with Gasteiger partial charge < -0.3 is 9.80 Å². The summed E-state index contributed by atoms with van der Waals surface area (Å²) in [6, 6.07) is 17.4. The third-order valence-electron chi connectivity index (χ3n) is 6.62. The fraction of sp³-hybridized carbons (Fsp3) is 0.308. The van der Waals surface area contributed by atoms with Gasteiger partial charge in [-0.15, -0.1) is 0 Å². The van der Waals surface area contributed by atoms with Crippen molar-refractivity contribution >= 4 is 23.0 Å². The van der Waals surface area contributed by atoms with Gasteiger partial charge in [0, 0.05) is 45.8 Å². The number of imidazole rings is 1. The molecule has 0 spiro atoms. The Morgan fingerprint density at radius 3 is 2.31 bits per heavy atom. The van der Waals surface area contributed by atoms with Gasteiger partial charge in [0.25, 0.3) is 11.5 Å². The topological polar surface area (TPSA) is 85.4 Å². The van der Waals surface area contributed by atoms with Gasteiger partial charge in [0.15, 0.2) is 11.2 Å². The highest BCUT2D eigenvalue weighted by Gasteiger charge is 2.27. The number of hydrogen-bond acceptors (Lipinski definition) is 5. The molecule has 1 aliphatic heterocycles. The van der Waals surface area contributed by atoms with Crippen molar-refractivity contribution in [3.8, 4) is 0 Å². The van der Waals surface area contributed by atoms with Crippen molar-refractivity contribution in [2.24, 2.45) is 14.1 Å². The number of rotatable bonds is 4. The van der Waals surface area contributed by atoms with Gasteiger partial charge in [-0.1, -0.05) is 48.0 Å². The van der Waals surface area contributed by atoms with Crippen LogP contribution in [-0.2, 0) is 20.6 Å². The van der Waals surface area contributed by atoms with Gasteiger partial charge in [-0.05, 0) is 24.6 Å². The van der Waals surface area contributed by atoms with Crippen LogP contribution in [-0.4, -0.2) is 55.7 Å².